The second kappa shape index (κ2) is 5.24. The first-order valence-corrected chi connectivity index (χ1v) is 8.01. The summed E-state index contributed by atoms with van der Waals surface area (Å²) in [5, 5.41) is 1.82. The molecule has 0 saturated heterocycles. The Morgan fingerprint density at radius 3 is 2.33 bits per heavy atom. The Morgan fingerprint density at radius 1 is 0.833 bits per heavy atom. The molecule has 3 heteroatoms. The molecule has 118 valence electrons. The van der Waals surface area contributed by atoms with Crippen LogP contribution in [0.15, 0.2) is 53.5 Å². The third-order valence-electron chi connectivity index (χ3n) is 4.69. The lowest BCUT2D eigenvalue weighted by molar-refractivity contribution is 1.34. The number of hydrogen-bond donors (Lipinski definition) is 2. The Kier molecular flexibility index (Phi) is 3.17. The lowest BCUT2D eigenvalue weighted by Gasteiger charge is -2.12. The monoisotopic (exact) mass is 313 g/mol. The van der Waals surface area contributed by atoms with Crippen LogP contribution in [0.25, 0.3) is 17.2 Å². The van der Waals surface area contributed by atoms with Crippen molar-refractivity contribution in [2.45, 2.75) is 13.8 Å². The molecule has 0 radical (unpaired) electrons. The second-order valence-corrected chi connectivity index (χ2v) is 6.23. The Balaban J connectivity index is 2.16. The van der Waals surface area contributed by atoms with Crippen LogP contribution in [0.1, 0.15) is 16.7 Å². The number of benzene rings is 3. The molecule has 0 fully saturated rings. The number of nitrogen functional groups attached to an aromatic ring is 2. The minimum Gasteiger partial charge on any atom is -0.397 e. The van der Waals surface area contributed by atoms with Gasteiger partial charge in [0.1, 0.15) is 0 Å². The first-order chi connectivity index (χ1) is 11.6. The summed E-state index contributed by atoms with van der Waals surface area (Å²) in [6.45, 7) is 4.13. The maximum Gasteiger partial charge on any atom is 0.0813 e. The minimum absolute atomic E-state index is 0.601. The second-order valence-electron chi connectivity index (χ2n) is 6.23. The van der Waals surface area contributed by atoms with E-state index in [0.717, 1.165) is 33.0 Å². The molecular weight excluding hydrogens is 294 g/mol. The molecule has 1 aliphatic rings. The van der Waals surface area contributed by atoms with Gasteiger partial charge in [0.25, 0.3) is 0 Å². The van der Waals surface area contributed by atoms with Gasteiger partial charge in [0.2, 0.25) is 0 Å². The predicted octanol–water partition coefficient (Wildman–Crippen LogP) is 3.23. The molecule has 4 rings (SSSR count). The fraction of sp³-hybridized carbons (Fsp3) is 0.0952. The Labute approximate surface area is 141 Å². The fourth-order valence-corrected chi connectivity index (χ4v) is 3.40. The Morgan fingerprint density at radius 2 is 1.58 bits per heavy atom. The lowest BCUT2D eigenvalue weighted by atomic mass is 9.93. The van der Waals surface area contributed by atoms with Gasteiger partial charge in [-0.2, -0.15) is 0 Å². The number of hydrogen-bond acceptors (Lipinski definition) is 3. The highest BCUT2D eigenvalue weighted by Crippen LogP contribution is 2.38. The summed E-state index contributed by atoms with van der Waals surface area (Å²) in [5.41, 5.74) is 20.5. The number of rotatable bonds is 1. The molecule has 0 unspecified atom stereocenters. The predicted molar refractivity (Wildman–Crippen MR) is 101 cm³/mol. The highest BCUT2D eigenvalue weighted by Gasteiger charge is 2.22. The van der Waals surface area contributed by atoms with E-state index in [9.17, 15) is 0 Å². The molecule has 3 aromatic rings. The van der Waals surface area contributed by atoms with Crippen LogP contribution in [-0.2, 0) is 0 Å². The molecule has 0 spiro atoms. The van der Waals surface area contributed by atoms with Crippen molar-refractivity contribution in [3.8, 4) is 11.1 Å². The first-order valence-electron chi connectivity index (χ1n) is 8.01. The number of fused-ring (bicyclic) bond motifs is 3. The smallest absolute Gasteiger partial charge is 0.0813 e. The van der Waals surface area contributed by atoms with Gasteiger partial charge in [-0.05, 0) is 42.7 Å². The Bertz CT molecular complexity index is 1080. The average Bonchev–Trinajstić information content (AvgIpc) is 2.98. The Hall–Kier alpha value is -3.07. The molecule has 24 heavy (non-hydrogen) atoms. The van der Waals surface area contributed by atoms with Crippen LogP contribution in [-0.4, -0.2) is 0 Å². The van der Waals surface area contributed by atoms with Crippen molar-refractivity contribution in [1.29, 1.82) is 0 Å². The lowest BCUT2D eigenvalue weighted by Crippen LogP contribution is -2.31. The van der Waals surface area contributed by atoms with Crippen LogP contribution < -0.4 is 22.0 Å². The summed E-state index contributed by atoms with van der Waals surface area (Å²) in [4.78, 5) is 4.87. The molecule has 0 aliphatic carbocycles. The summed E-state index contributed by atoms with van der Waals surface area (Å²) in [5.74, 6) is 0. The minimum atomic E-state index is 0.601. The van der Waals surface area contributed by atoms with E-state index in [1.165, 1.54) is 11.1 Å². The van der Waals surface area contributed by atoms with Gasteiger partial charge in [-0.3, -0.25) is 0 Å². The summed E-state index contributed by atoms with van der Waals surface area (Å²) < 4.78 is 0. The number of aryl methyl sites for hydroxylation is 1. The molecule has 1 heterocycles. The van der Waals surface area contributed by atoms with Crippen LogP contribution in [0.5, 0.6) is 0 Å². The zero-order valence-corrected chi connectivity index (χ0v) is 13.8. The third-order valence-corrected chi connectivity index (χ3v) is 4.69. The van der Waals surface area contributed by atoms with E-state index in [4.69, 9.17) is 16.5 Å². The normalized spacial score (nSPS) is 12.7. The van der Waals surface area contributed by atoms with Crippen LogP contribution in [0.4, 0.5) is 17.1 Å². The zero-order valence-electron chi connectivity index (χ0n) is 13.8. The zero-order chi connectivity index (χ0) is 16.8. The van der Waals surface area contributed by atoms with Gasteiger partial charge in [0, 0.05) is 16.3 Å². The van der Waals surface area contributed by atoms with Crippen LogP contribution in [0.3, 0.4) is 0 Å². The molecule has 4 N–H and O–H groups in total. The molecule has 1 aliphatic heterocycles. The van der Waals surface area contributed by atoms with Gasteiger partial charge in [-0.25, -0.2) is 4.99 Å². The van der Waals surface area contributed by atoms with Crippen molar-refractivity contribution < 1.29 is 0 Å². The number of nitrogens with zero attached hydrogens (tertiary/aromatic N) is 1. The molecule has 0 atom stereocenters. The van der Waals surface area contributed by atoms with Gasteiger partial charge in [-0.1, -0.05) is 42.5 Å². The van der Waals surface area contributed by atoms with E-state index in [1.807, 2.05) is 37.3 Å². The van der Waals surface area contributed by atoms with Crippen molar-refractivity contribution in [3.63, 3.8) is 0 Å². The maximum absolute atomic E-state index is 6.36. The summed E-state index contributed by atoms with van der Waals surface area (Å²) in [6.07, 6.45) is 2.06. The average molecular weight is 313 g/mol. The maximum atomic E-state index is 6.36. The van der Waals surface area contributed by atoms with Gasteiger partial charge < -0.3 is 11.5 Å². The summed E-state index contributed by atoms with van der Waals surface area (Å²) >= 11 is 0. The van der Waals surface area contributed by atoms with Crippen LogP contribution in [0.2, 0.25) is 0 Å². The molecule has 3 nitrogen and oxygen atoms in total. The van der Waals surface area contributed by atoms with Gasteiger partial charge in [-0.15, -0.1) is 0 Å². The van der Waals surface area contributed by atoms with Gasteiger partial charge >= 0.3 is 0 Å². The van der Waals surface area contributed by atoms with E-state index >= 15 is 0 Å². The molecule has 3 aromatic carbocycles. The van der Waals surface area contributed by atoms with Crippen molar-refractivity contribution in [2.75, 3.05) is 11.5 Å². The largest absolute Gasteiger partial charge is 0.397 e. The van der Waals surface area contributed by atoms with E-state index in [1.54, 1.807) is 0 Å². The van der Waals surface area contributed by atoms with E-state index in [2.05, 4.69) is 31.2 Å². The highest BCUT2D eigenvalue weighted by atomic mass is 14.8. The van der Waals surface area contributed by atoms with E-state index in [0.29, 0.717) is 11.4 Å². The van der Waals surface area contributed by atoms with Crippen molar-refractivity contribution >= 4 is 23.1 Å². The van der Waals surface area contributed by atoms with Gasteiger partial charge in [0.15, 0.2) is 0 Å². The third kappa shape index (κ3) is 2.02. The highest BCUT2D eigenvalue weighted by molar-refractivity contribution is 5.89. The first kappa shape index (κ1) is 14.5. The molecular formula is C21H19N3. The summed E-state index contributed by atoms with van der Waals surface area (Å²) in [7, 11) is 0. The molecule has 0 saturated carbocycles. The van der Waals surface area contributed by atoms with Crippen molar-refractivity contribution in [3.05, 3.63) is 75.8 Å². The number of nitrogens with two attached hydrogens (primary N) is 2. The van der Waals surface area contributed by atoms with E-state index < -0.39 is 0 Å². The van der Waals surface area contributed by atoms with Crippen molar-refractivity contribution in [1.82, 2.24) is 0 Å². The molecule has 0 amide bonds. The molecule has 0 bridgehead atoms. The number of anilines is 2. The van der Waals surface area contributed by atoms with Crippen LogP contribution in [0, 0.1) is 13.8 Å². The SMILES string of the molecule is Cc1cccc2c1-c1c(C)c(N)c(N)c(=Cc3ccccc3)c1=N2. The fourth-order valence-electron chi connectivity index (χ4n) is 3.40. The van der Waals surface area contributed by atoms with Crippen LogP contribution >= 0.6 is 0 Å². The van der Waals surface area contributed by atoms with E-state index in [-0.39, 0.29) is 0 Å². The quantitative estimate of drug-likeness (QED) is 0.530. The molecule has 0 aromatic heterocycles. The van der Waals surface area contributed by atoms with Crippen molar-refractivity contribution in [2.24, 2.45) is 4.99 Å². The summed E-state index contributed by atoms with van der Waals surface area (Å²) in [6, 6.07) is 16.3. The standard InChI is InChI=1S/C21H19N3/c1-12-7-6-10-16-17(12)18-13(2)19(22)20(23)15(21(18)24-16)11-14-8-4-3-5-9-14/h3-11H,22-23H2,1-2H3. The topological polar surface area (TPSA) is 64.4 Å². The van der Waals surface area contributed by atoms with Gasteiger partial charge in [0.05, 0.1) is 22.4 Å².